The van der Waals surface area contributed by atoms with Gasteiger partial charge in [0.2, 0.25) is 5.88 Å². The average molecular weight is 292 g/mol. The molecule has 17 heavy (non-hydrogen) atoms. The van der Waals surface area contributed by atoms with Gasteiger partial charge in [0.25, 0.3) is 0 Å². The molecule has 0 saturated carbocycles. The number of pyridine rings is 1. The Labute approximate surface area is 106 Å². The molecule has 0 aliphatic carbocycles. The fraction of sp³-hybridized carbons (Fsp3) is 0.167. The highest BCUT2D eigenvalue weighted by Crippen LogP contribution is 2.23. The molecule has 0 radical (unpaired) electrons. The zero-order valence-corrected chi connectivity index (χ0v) is 10.8. The van der Waals surface area contributed by atoms with Crippen LogP contribution in [0.5, 0.6) is 0 Å². The maximum Gasteiger partial charge on any atom is 0.208 e. The van der Waals surface area contributed by atoms with Gasteiger partial charge in [0.05, 0.1) is 0 Å². The van der Waals surface area contributed by atoms with E-state index < -0.39 is 0 Å². The summed E-state index contributed by atoms with van der Waals surface area (Å²) < 4.78 is 8.22. The van der Waals surface area contributed by atoms with E-state index in [9.17, 15) is 0 Å². The Morgan fingerprint density at radius 2 is 2.24 bits per heavy atom. The fourth-order valence-corrected chi connectivity index (χ4v) is 2.15. The van der Waals surface area contributed by atoms with Gasteiger partial charge in [0.15, 0.2) is 10.3 Å². The summed E-state index contributed by atoms with van der Waals surface area (Å²) in [6.45, 7) is 2.07. The molecule has 0 aliphatic rings. The third-order valence-corrected chi connectivity index (χ3v) is 3.01. The Morgan fingerprint density at radius 1 is 1.35 bits per heavy atom. The first kappa shape index (κ1) is 10.5. The SMILES string of the molecule is CCc1nc2cccnc2n1-c1ccc(Br)o1. The van der Waals surface area contributed by atoms with Gasteiger partial charge in [-0.25, -0.2) is 14.5 Å². The Morgan fingerprint density at radius 3 is 2.94 bits per heavy atom. The number of aryl methyl sites for hydroxylation is 1. The van der Waals surface area contributed by atoms with Gasteiger partial charge in [-0.05, 0) is 34.1 Å². The Kier molecular flexibility index (Phi) is 2.48. The van der Waals surface area contributed by atoms with Crippen molar-refractivity contribution in [1.29, 1.82) is 0 Å². The van der Waals surface area contributed by atoms with Gasteiger partial charge in [0, 0.05) is 18.7 Å². The van der Waals surface area contributed by atoms with Crippen LogP contribution in [-0.2, 0) is 6.42 Å². The lowest BCUT2D eigenvalue weighted by molar-refractivity contribution is 0.513. The van der Waals surface area contributed by atoms with Gasteiger partial charge in [-0.2, -0.15) is 0 Å². The second-order valence-electron chi connectivity index (χ2n) is 3.64. The average Bonchev–Trinajstić information content (AvgIpc) is 2.91. The predicted octanol–water partition coefficient (Wildman–Crippen LogP) is 3.34. The summed E-state index contributed by atoms with van der Waals surface area (Å²) in [5.74, 6) is 1.68. The van der Waals surface area contributed by atoms with Gasteiger partial charge in [0.1, 0.15) is 11.3 Å². The van der Waals surface area contributed by atoms with Crippen molar-refractivity contribution in [3.63, 3.8) is 0 Å². The van der Waals surface area contributed by atoms with Crippen LogP contribution in [0, 0.1) is 0 Å². The van der Waals surface area contributed by atoms with Crippen LogP contribution in [0.4, 0.5) is 0 Å². The summed E-state index contributed by atoms with van der Waals surface area (Å²) in [6.07, 6.45) is 2.59. The number of imidazole rings is 1. The van der Waals surface area contributed by atoms with Crippen LogP contribution >= 0.6 is 15.9 Å². The first-order chi connectivity index (χ1) is 8.29. The number of hydrogen-bond acceptors (Lipinski definition) is 3. The molecule has 3 aromatic heterocycles. The number of rotatable bonds is 2. The van der Waals surface area contributed by atoms with Crippen molar-refractivity contribution in [1.82, 2.24) is 14.5 Å². The highest BCUT2D eigenvalue weighted by atomic mass is 79.9. The van der Waals surface area contributed by atoms with Gasteiger partial charge in [-0.15, -0.1) is 0 Å². The maximum atomic E-state index is 5.58. The second kappa shape index (κ2) is 4.00. The van der Waals surface area contributed by atoms with Gasteiger partial charge in [-0.1, -0.05) is 6.92 Å². The lowest BCUT2D eigenvalue weighted by Gasteiger charge is -2.02. The van der Waals surface area contributed by atoms with Crippen LogP contribution in [-0.4, -0.2) is 14.5 Å². The van der Waals surface area contributed by atoms with Crippen LogP contribution in [0.25, 0.3) is 17.0 Å². The van der Waals surface area contributed by atoms with E-state index in [0.29, 0.717) is 4.67 Å². The van der Waals surface area contributed by atoms with E-state index in [1.807, 2.05) is 28.8 Å². The van der Waals surface area contributed by atoms with E-state index in [0.717, 1.165) is 29.3 Å². The van der Waals surface area contributed by atoms with Crippen LogP contribution in [0.15, 0.2) is 39.5 Å². The van der Waals surface area contributed by atoms with E-state index in [4.69, 9.17) is 4.42 Å². The standard InChI is InChI=1S/C12H10BrN3O/c1-2-10-15-8-4-3-7-14-12(8)16(10)11-6-5-9(13)17-11/h3-7H,2H2,1H3. The monoisotopic (exact) mass is 291 g/mol. The molecule has 5 heteroatoms. The molecule has 4 nitrogen and oxygen atoms in total. The van der Waals surface area contributed by atoms with E-state index in [-0.39, 0.29) is 0 Å². The molecule has 0 aliphatic heterocycles. The van der Waals surface area contributed by atoms with Crippen LogP contribution in [0.3, 0.4) is 0 Å². The minimum Gasteiger partial charge on any atom is -0.433 e. The Bertz CT molecular complexity index is 671. The summed E-state index contributed by atoms with van der Waals surface area (Å²) in [6, 6.07) is 7.61. The fourth-order valence-electron chi connectivity index (χ4n) is 1.85. The quantitative estimate of drug-likeness (QED) is 0.727. The van der Waals surface area contributed by atoms with E-state index >= 15 is 0 Å². The Hall–Kier alpha value is -1.62. The largest absolute Gasteiger partial charge is 0.433 e. The summed E-state index contributed by atoms with van der Waals surface area (Å²) in [7, 11) is 0. The first-order valence-corrected chi connectivity index (χ1v) is 6.17. The summed E-state index contributed by atoms with van der Waals surface area (Å²) in [5, 5.41) is 0. The first-order valence-electron chi connectivity index (χ1n) is 5.37. The van der Waals surface area contributed by atoms with Crippen LogP contribution in [0.2, 0.25) is 0 Å². The number of hydrogen-bond donors (Lipinski definition) is 0. The lowest BCUT2D eigenvalue weighted by Crippen LogP contribution is -1.99. The van der Waals surface area contributed by atoms with E-state index in [1.54, 1.807) is 6.20 Å². The van der Waals surface area contributed by atoms with Crippen molar-refractivity contribution in [2.45, 2.75) is 13.3 Å². The van der Waals surface area contributed by atoms with Crippen molar-refractivity contribution in [3.8, 4) is 5.88 Å². The normalized spacial score (nSPS) is 11.2. The third kappa shape index (κ3) is 1.67. The molecule has 0 bridgehead atoms. The van der Waals surface area contributed by atoms with Crippen molar-refractivity contribution in [2.24, 2.45) is 0 Å². The third-order valence-electron chi connectivity index (χ3n) is 2.58. The molecule has 0 atom stereocenters. The van der Waals surface area contributed by atoms with Crippen LogP contribution < -0.4 is 0 Å². The highest BCUT2D eigenvalue weighted by Gasteiger charge is 2.14. The summed E-state index contributed by atoms with van der Waals surface area (Å²) >= 11 is 3.31. The number of halogens is 1. The van der Waals surface area contributed by atoms with Crippen molar-refractivity contribution < 1.29 is 4.42 Å². The molecule has 0 spiro atoms. The molecule has 0 amide bonds. The zero-order chi connectivity index (χ0) is 11.8. The molecule has 3 aromatic rings. The molecule has 0 aromatic carbocycles. The van der Waals surface area contributed by atoms with Crippen molar-refractivity contribution >= 4 is 27.1 Å². The number of furan rings is 1. The van der Waals surface area contributed by atoms with E-state index in [1.165, 1.54) is 0 Å². The number of nitrogens with zero attached hydrogens (tertiary/aromatic N) is 3. The Balaban J connectivity index is 2.33. The molecular weight excluding hydrogens is 282 g/mol. The molecular formula is C12H10BrN3O. The lowest BCUT2D eigenvalue weighted by atomic mass is 10.4. The van der Waals surface area contributed by atoms with Crippen LogP contribution in [0.1, 0.15) is 12.7 Å². The highest BCUT2D eigenvalue weighted by molar-refractivity contribution is 9.10. The maximum absolute atomic E-state index is 5.58. The molecule has 0 N–H and O–H groups in total. The molecule has 0 unspecified atom stereocenters. The topological polar surface area (TPSA) is 43.9 Å². The van der Waals surface area contributed by atoms with Gasteiger partial charge in [-0.3, -0.25) is 0 Å². The smallest absolute Gasteiger partial charge is 0.208 e. The zero-order valence-electron chi connectivity index (χ0n) is 9.22. The summed E-state index contributed by atoms with van der Waals surface area (Å²) in [5.41, 5.74) is 1.71. The second-order valence-corrected chi connectivity index (χ2v) is 4.42. The minimum atomic E-state index is 0.701. The number of aromatic nitrogens is 3. The van der Waals surface area contributed by atoms with Crippen molar-refractivity contribution in [2.75, 3.05) is 0 Å². The minimum absolute atomic E-state index is 0.701. The van der Waals surface area contributed by atoms with Crippen molar-refractivity contribution in [3.05, 3.63) is 41.0 Å². The molecule has 3 heterocycles. The predicted molar refractivity (Wildman–Crippen MR) is 68.2 cm³/mol. The van der Waals surface area contributed by atoms with E-state index in [2.05, 4.69) is 32.8 Å². The summed E-state index contributed by atoms with van der Waals surface area (Å²) in [4.78, 5) is 8.90. The number of fused-ring (bicyclic) bond motifs is 1. The molecule has 3 rings (SSSR count). The molecule has 86 valence electrons. The van der Waals surface area contributed by atoms with Gasteiger partial charge >= 0.3 is 0 Å². The van der Waals surface area contributed by atoms with Gasteiger partial charge < -0.3 is 4.42 Å². The molecule has 0 saturated heterocycles. The molecule has 0 fully saturated rings.